The van der Waals surface area contributed by atoms with E-state index in [0.29, 0.717) is 21.9 Å². The van der Waals surface area contributed by atoms with Gasteiger partial charge >= 0.3 is 6.03 Å². The van der Waals surface area contributed by atoms with E-state index >= 15 is 0 Å². The SMILES string of the molecule is COc1cccc([C@@]2(C)NC(=O)N(NC(=O)Cc3ccc(F)cc3)C2=O)c1. The van der Waals surface area contributed by atoms with Gasteiger partial charge in [0.1, 0.15) is 17.1 Å². The molecule has 0 bridgehead atoms. The smallest absolute Gasteiger partial charge is 0.344 e. The molecule has 0 aromatic heterocycles. The van der Waals surface area contributed by atoms with Gasteiger partial charge in [0.2, 0.25) is 5.91 Å². The Hall–Kier alpha value is -3.42. The number of carbonyl (C=O) groups excluding carboxylic acids is 3. The highest BCUT2D eigenvalue weighted by molar-refractivity contribution is 6.08. The minimum absolute atomic E-state index is 0.104. The lowest BCUT2D eigenvalue weighted by Crippen LogP contribution is -2.48. The van der Waals surface area contributed by atoms with Gasteiger partial charge in [0, 0.05) is 0 Å². The third-order valence-electron chi connectivity index (χ3n) is 4.35. The molecule has 3 rings (SSSR count). The second-order valence-electron chi connectivity index (χ2n) is 6.27. The zero-order valence-electron chi connectivity index (χ0n) is 14.8. The Labute approximate surface area is 155 Å². The van der Waals surface area contributed by atoms with E-state index in [1.807, 2.05) is 0 Å². The number of benzene rings is 2. The number of rotatable bonds is 5. The lowest BCUT2D eigenvalue weighted by Gasteiger charge is -2.22. The number of hydrazine groups is 1. The minimum atomic E-state index is -1.34. The minimum Gasteiger partial charge on any atom is -0.497 e. The number of urea groups is 1. The fourth-order valence-electron chi connectivity index (χ4n) is 2.82. The number of halogens is 1. The Morgan fingerprint density at radius 2 is 1.93 bits per heavy atom. The zero-order valence-corrected chi connectivity index (χ0v) is 14.8. The van der Waals surface area contributed by atoms with Crippen molar-refractivity contribution >= 4 is 17.8 Å². The maximum Gasteiger partial charge on any atom is 0.344 e. The maximum absolute atomic E-state index is 12.9. The fraction of sp³-hybridized carbons (Fsp3) is 0.211. The van der Waals surface area contributed by atoms with Crippen LogP contribution in [-0.2, 0) is 21.5 Å². The van der Waals surface area contributed by atoms with Gasteiger partial charge in [-0.3, -0.25) is 15.0 Å². The van der Waals surface area contributed by atoms with Crippen molar-refractivity contribution in [3.05, 3.63) is 65.5 Å². The lowest BCUT2D eigenvalue weighted by atomic mass is 9.92. The Morgan fingerprint density at radius 1 is 1.22 bits per heavy atom. The molecule has 1 fully saturated rings. The molecular formula is C19H18FN3O4. The van der Waals surface area contributed by atoms with Crippen molar-refractivity contribution in [2.75, 3.05) is 7.11 Å². The van der Waals surface area contributed by atoms with E-state index in [-0.39, 0.29) is 6.42 Å². The Morgan fingerprint density at radius 3 is 2.59 bits per heavy atom. The van der Waals surface area contributed by atoms with Gasteiger partial charge < -0.3 is 10.1 Å². The average Bonchev–Trinajstić information content (AvgIpc) is 2.88. The third-order valence-corrected chi connectivity index (χ3v) is 4.35. The molecule has 2 aromatic rings. The number of imide groups is 1. The summed E-state index contributed by atoms with van der Waals surface area (Å²) < 4.78 is 18.1. The first-order chi connectivity index (χ1) is 12.8. The number of nitrogens with one attached hydrogen (secondary N) is 2. The first kappa shape index (κ1) is 18.4. The molecule has 4 amide bonds. The first-order valence-corrected chi connectivity index (χ1v) is 8.18. The van der Waals surface area contributed by atoms with E-state index in [0.717, 1.165) is 0 Å². The predicted octanol–water partition coefficient (Wildman–Crippen LogP) is 1.88. The summed E-state index contributed by atoms with van der Waals surface area (Å²) in [5, 5.41) is 3.25. The van der Waals surface area contributed by atoms with Crippen LogP contribution in [0.15, 0.2) is 48.5 Å². The summed E-state index contributed by atoms with van der Waals surface area (Å²) in [6, 6.07) is 11.4. The second kappa shape index (κ2) is 7.06. The predicted molar refractivity (Wildman–Crippen MR) is 94.0 cm³/mol. The first-order valence-electron chi connectivity index (χ1n) is 8.18. The number of amides is 4. The Balaban J connectivity index is 1.75. The Bertz CT molecular complexity index is 900. The van der Waals surface area contributed by atoms with Crippen molar-refractivity contribution in [1.82, 2.24) is 15.8 Å². The van der Waals surface area contributed by atoms with Gasteiger partial charge in [-0.2, -0.15) is 5.01 Å². The molecule has 1 aliphatic heterocycles. The van der Waals surface area contributed by atoms with E-state index in [1.54, 1.807) is 31.2 Å². The number of carbonyl (C=O) groups is 3. The van der Waals surface area contributed by atoms with Gasteiger partial charge in [-0.15, -0.1) is 0 Å². The van der Waals surface area contributed by atoms with E-state index in [9.17, 15) is 18.8 Å². The van der Waals surface area contributed by atoms with Crippen LogP contribution >= 0.6 is 0 Å². The topological polar surface area (TPSA) is 87.7 Å². The van der Waals surface area contributed by atoms with Crippen molar-refractivity contribution in [3.8, 4) is 5.75 Å². The molecule has 0 aliphatic carbocycles. The fourth-order valence-corrected chi connectivity index (χ4v) is 2.82. The summed E-state index contributed by atoms with van der Waals surface area (Å²) in [5.41, 5.74) is 2.04. The highest BCUT2D eigenvalue weighted by atomic mass is 19.1. The molecule has 1 saturated heterocycles. The molecule has 0 radical (unpaired) electrons. The van der Waals surface area contributed by atoms with Crippen molar-refractivity contribution in [3.63, 3.8) is 0 Å². The van der Waals surface area contributed by atoms with Crippen LogP contribution in [0.4, 0.5) is 9.18 Å². The van der Waals surface area contributed by atoms with Gasteiger partial charge in [0.15, 0.2) is 0 Å². The van der Waals surface area contributed by atoms with Crippen LogP contribution in [0.2, 0.25) is 0 Å². The number of hydrogen-bond acceptors (Lipinski definition) is 4. The molecule has 2 N–H and O–H groups in total. The van der Waals surface area contributed by atoms with E-state index in [4.69, 9.17) is 4.74 Å². The maximum atomic E-state index is 12.9. The molecule has 7 nitrogen and oxygen atoms in total. The number of methoxy groups -OCH3 is 1. The van der Waals surface area contributed by atoms with Crippen LogP contribution < -0.4 is 15.5 Å². The van der Waals surface area contributed by atoms with Crippen LogP contribution in [0.3, 0.4) is 0 Å². The van der Waals surface area contributed by atoms with Gasteiger partial charge in [0.25, 0.3) is 5.91 Å². The molecule has 2 aromatic carbocycles. The summed E-state index contributed by atoms with van der Waals surface area (Å²) in [7, 11) is 1.50. The highest BCUT2D eigenvalue weighted by Gasteiger charge is 2.50. The molecule has 140 valence electrons. The number of nitrogens with zero attached hydrogens (tertiary/aromatic N) is 1. The third kappa shape index (κ3) is 3.59. The van der Waals surface area contributed by atoms with Crippen molar-refractivity contribution in [1.29, 1.82) is 0 Å². The van der Waals surface area contributed by atoms with Crippen LogP contribution in [0.25, 0.3) is 0 Å². The summed E-state index contributed by atoms with van der Waals surface area (Å²) in [6.45, 7) is 1.55. The lowest BCUT2D eigenvalue weighted by molar-refractivity contribution is -0.138. The van der Waals surface area contributed by atoms with Gasteiger partial charge in [-0.25, -0.2) is 9.18 Å². The summed E-state index contributed by atoms with van der Waals surface area (Å²) in [6.07, 6.45) is -0.104. The van der Waals surface area contributed by atoms with Crippen molar-refractivity contribution in [2.45, 2.75) is 18.9 Å². The molecule has 1 heterocycles. The van der Waals surface area contributed by atoms with E-state index < -0.39 is 29.2 Å². The molecule has 1 atom stereocenters. The van der Waals surface area contributed by atoms with Crippen LogP contribution in [0, 0.1) is 5.82 Å². The summed E-state index contributed by atoms with van der Waals surface area (Å²) in [4.78, 5) is 37.3. The van der Waals surface area contributed by atoms with E-state index in [2.05, 4.69) is 10.7 Å². The van der Waals surface area contributed by atoms with Crippen molar-refractivity contribution in [2.24, 2.45) is 0 Å². The summed E-state index contributed by atoms with van der Waals surface area (Å²) in [5.74, 6) is -1.06. The largest absolute Gasteiger partial charge is 0.497 e. The van der Waals surface area contributed by atoms with Gasteiger partial charge in [-0.1, -0.05) is 24.3 Å². The van der Waals surface area contributed by atoms with E-state index in [1.165, 1.54) is 31.4 Å². The standard InChI is InChI=1S/C19H18FN3O4/c1-19(13-4-3-5-15(11-13)27-2)17(25)23(18(26)21-19)22-16(24)10-12-6-8-14(20)9-7-12/h3-9,11H,10H2,1-2H3,(H,21,26)(H,22,24)/t19-/m1/s1. The molecular weight excluding hydrogens is 353 g/mol. The van der Waals surface area contributed by atoms with Crippen LogP contribution in [-0.4, -0.2) is 30.0 Å². The Kier molecular flexibility index (Phi) is 4.81. The number of hydrogen-bond donors (Lipinski definition) is 2. The molecule has 27 heavy (non-hydrogen) atoms. The molecule has 1 aliphatic rings. The van der Waals surface area contributed by atoms with Gasteiger partial charge in [0.05, 0.1) is 13.5 Å². The molecule has 0 unspecified atom stereocenters. The van der Waals surface area contributed by atoms with Crippen molar-refractivity contribution < 1.29 is 23.5 Å². The average molecular weight is 371 g/mol. The number of ether oxygens (including phenoxy) is 1. The normalized spacial score (nSPS) is 19.0. The van der Waals surface area contributed by atoms with Crippen LogP contribution in [0.5, 0.6) is 5.75 Å². The van der Waals surface area contributed by atoms with Crippen LogP contribution in [0.1, 0.15) is 18.1 Å². The molecule has 8 heteroatoms. The highest BCUT2D eigenvalue weighted by Crippen LogP contribution is 2.30. The quantitative estimate of drug-likeness (QED) is 0.786. The monoisotopic (exact) mass is 371 g/mol. The molecule has 0 spiro atoms. The second-order valence-corrected chi connectivity index (χ2v) is 6.27. The molecule has 0 saturated carbocycles. The zero-order chi connectivity index (χ0) is 19.6. The summed E-state index contributed by atoms with van der Waals surface area (Å²) >= 11 is 0. The van der Waals surface area contributed by atoms with Gasteiger partial charge in [-0.05, 0) is 42.3 Å².